The van der Waals surface area contributed by atoms with Crippen molar-refractivity contribution < 1.29 is 59.3 Å². The standard InChI is InChI=1S/C24H14B3F7N2O6/c1-10-7-13(21(38)39-2)35-9-14(10)36-20(37)18-16(6-4-12(19(18)28)22(29,30)31)40-15-5-3-11(41-24(32,33)34)8-17(15)42-23(25,26)27/h3-9H,1-2H3,(H,36,37). The number of esters is 1. The first kappa shape index (κ1) is 32.2. The molecule has 42 heavy (non-hydrogen) atoms. The topological polar surface area (TPSA) is 96.0 Å². The first-order chi connectivity index (χ1) is 19.3. The third-order valence-corrected chi connectivity index (χ3v) is 5.05. The molecule has 0 aliphatic rings. The minimum Gasteiger partial charge on any atom is -0.512 e. The van der Waals surface area contributed by atoms with Crippen LogP contribution in [0.1, 0.15) is 32.0 Å². The van der Waals surface area contributed by atoms with E-state index in [1.165, 1.54) is 13.0 Å². The zero-order valence-corrected chi connectivity index (χ0v) is 21.3. The second kappa shape index (κ2) is 11.9. The lowest BCUT2D eigenvalue weighted by molar-refractivity contribution is -0.274. The smallest absolute Gasteiger partial charge is 0.512 e. The quantitative estimate of drug-likeness (QED) is 0.229. The van der Waals surface area contributed by atoms with Crippen molar-refractivity contribution in [3.8, 4) is 23.0 Å². The molecule has 1 amide bonds. The average molecular weight is 592 g/mol. The molecule has 3 aromatic rings. The van der Waals surface area contributed by atoms with Crippen molar-refractivity contribution in [1.29, 1.82) is 0 Å². The van der Waals surface area contributed by atoms with Crippen LogP contribution in [0.15, 0.2) is 42.6 Å². The van der Waals surface area contributed by atoms with E-state index in [4.69, 9.17) is 33.0 Å². The van der Waals surface area contributed by atoms with Gasteiger partial charge < -0.3 is 24.3 Å². The van der Waals surface area contributed by atoms with Gasteiger partial charge in [0.15, 0.2) is 17.3 Å². The fourth-order valence-electron chi connectivity index (χ4n) is 3.32. The number of carbonyl (C=O) groups is 2. The lowest BCUT2D eigenvalue weighted by atomic mass is 9.52. The van der Waals surface area contributed by atoms with Gasteiger partial charge in [0.1, 0.15) is 46.3 Å². The number of alkyl halides is 6. The Balaban J connectivity index is 2.10. The molecule has 0 unspecified atom stereocenters. The molecule has 18 heteroatoms. The minimum atomic E-state index is -5.25. The van der Waals surface area contributed by atoms with Gasteiger partial charge >= 0.3 is 18.5 Å². The van der Waals surface area contributed by atoms with Crippen LogP contribution in [0.2, 0.25) is 0 Å². The molecule has 0 bridgehead atoms. The first-order valence-corrected chi connectivity index (χ1v) is 11.2. The molecular weight excluding hydrogens is 578 g/mol. The molecule has 2 aromatic carbocycles. The number of rotatable bonds is 8. The van der Waals surface area contributed by atoms with Gasteiger partial charge in [0, 0.05) is 6.07 Å². The van der Waals surface area contributed by atoms with Gasteiger partial charge in [-0.25, -0.2) is 14.2 Å². The van der Waals surface area contributed by atoms with Crippen LogP contribution in [0.4, 0.5) is 36.4 Å². The van der Waals surface area contributed by atoms with Crippen molar-refractivity contribution >= 4 is 41.1 Å². The lowest BCUT2D eigenvalue weighted by Gasteiger charge is -2.25. The number of aryl methyl sites for hydroxylation is 1. The second-order valence-electron chi connectivity index (χ2n) is 8.34. The molecule has 3 rings (SSSR count). The maximum Gasteiger partial charge on any atom is 0.573 e. The first-order valence-electron chi connectivity index (χ1n) is 11.2. The molecule has 0 atom stereocenters. The Morgan fingerprint density at radius 1 is 0.905 bits per heavy atom. The summed E-state index contributed by atoms with van der Waals surface area (Å²) in [5.74, 6) is -7.39. The van der Waals surface area contributed by atoms with E-state index >= 15 is 4.39 Å². The molecule has 6 radical (unpaired) electrons. The van der Waals surface area contributed by atoms with Gasteiger partial charge in [-0.1, -0.05) is 0 Å². The molecule has 214 valence electrons. The van der Waals surface area contributed by atoms with Crippen LogP contribution in [0.3, 0.4) is 0 Å². The summed E-state index contributed by atoms with van der Waals surface area (Å²) < 4.78 is 112. The summed E-state index contributed by atoms with van der Waals surface area (Å²) in [6.45, 7) is 1.40. The van der Waals surface area contributed by atoms with Gasteiger partial charge in [-0.3, -0.25) is 4.79 Å². The van der Waals surface area contributed by atoms with Crippen molar-refractivity contribution in [2.45, 2.75) is 24.8 Å². The molecule has 1 heterocycles. The summed E-state index contributed by atoms with van der Waals surface area (Å²) >= 11 is 0. The predicted octanol–water partition coefficient (Wildman–Crippen LogP) is 4.77. The highest BCUT2D eigenvalue weighted by molar-refractivity contribution is 6.58. The highest BCUT2D eigenvalue weighted by Crippen LogP contribution is 2.41. The van der Waals surface area contributed by atoms with E-state index in [0.29, 0.717) is 18.2 Å². The van der Waals surface area contributed by atoms with Crippen LogP contribution >= 0.6 is 0 Å². The number of aromatic nitrogens is 1. The van der Waals surface area contributed by atoms with Gasteiger partial charge in [0.25, 0.3) is 5.91 Å². The summed E-state index contributed by atoms with van der Waals surface area (Å²) in [5, 5.41) is -0.346. The van der Waals surface area contributed by atoms with Crippen LogP contribution in [-0.2, 0) is 10.9 Å². The zero-order chi connectivity index (χ0) is 31.6. The summed E-state index contributed by atoms with van der Waals surface area (Å²) in [7, 11) is 17.1. The number of nitrogens with zero attached hydrogens (tertiary/aromatic N) is 1. The monoisotopic (exact) mass is 592 g/mol. The number of methoxy groups -OCH3 is 1. The normalized spacial score (nSPS) is 11.9. The Morgan fingerprint density at radius 2 is 1.55 bits per heavy atom. The van der Waals surface area contributed by atoms with Crippen LogP contribution in [0, 0.1) is 12.7 Å². The fourth-order valence-corrected chi connectivity index (χ4v) is 3.32. The molecule has 0 spiro atoms. The van der Waals surface area contributed by atoms with E-state index in [-0.39, 0.29) is 23.0 Å². The molecule has 0 fully saturated rings. The Labute approximate surface area is 236 Å². The van der Waals surface area contributed by atoms with Gasteiger partial charge in [-0.2, -0.15) is 13.2 Å². The highest BCUT2D eigenvalue weighted by atomic mass is 19.4. The van der Waals surface area contributed by atoms with Crippen LogP contribution < -0.4 is 19.5 Å². The molecular formula is C24H14B3F7N2O6. The predicted molar refractivity (Wildman–Crippen MR) is 133 cm³/mol. The Bertz CT molecular complexity index is 1510. The number of benzene rings is 2. The number of hydrogen-bond acceptors (Lipinski definition) is 7. The third kappa shape index (κ3) is 8.10. The number of nitrogens with one attached hydrogen (secondary N) is 1. The molecule has 0 aliphatic heterocycles. The van der Waals surface area contributed by atoms with Crippen molar-refractivity contribution in [3.63, 3.8) is 0 Å². The summed E-state index contributed by atoms with van der Waals surface area (Å²) in [6.07, 6.45) is -9.42. The van der Waals surface area contributed by atoms with Crippen molar-refractivity contribution in [3.05, 3.63) is 70.8 Å². The van der Waals surface area contributed by atoms with Crippen molar-refractivity contribution in [2.24, 2.45) is 0 Å². The van der Waals surface area contributed by atoms with E-state index in [0.717, 1.165) is 19.4 Å². The Morgan fingerprint density at radius 3 is 2.10 bits per heavy atom. The highest BCUT2D eigenvalue weighted by Gasteiger charge is 2.38. The SMILES string of the molecule is [B]C([B])([B])Oc1cc(OC(F)(F)F)ccc1Oc1ccc(C(F)(F)F)c(F)c1C(=O)Nc1cnc(C(=O)OC)cc1C. The number of amides is 1. The summed E-state index contributed by atoms with van der Waals surface area (Å²) in [4.78, 5) is 28.6. The Kier molecular flexibility index (Phi) is 9.08. The maximum absolute atomic E-state index is 15.2. The Hall–Kier alpha value is -4.37. The average Bonchev–Trinajstić information content (AvgIpc) is 2.83. The van der Waals surface area contributed by atoms with E-state index in [2.05, 4.69) is 19.8 Å². The summed E-state index contributed by atoms with van der Waals surface area (Å²) in [6, 6.07) is 4.09. The van der Waals surface area contributed by atoms with Crippen LogP contribution in [0.25, 0.3) is 0 Å². The van der Waals surface area contributed by atoms with Crippen molar-refractivity contribution in [2.75, 3.05) is 12.4 Å². The molecule has 8 nitrogen and oxygen atoms in total. The number of pyridine rings is 1. The summed E-state index contributed by atoms with van der Waals surface area (Å²) in [5.41, 5.74) is -3.22. The third-order valence-electron chi connectivity index (χ3n) is 5.05. The maximum atomic E-state index is 15.2. The van der Waals surface area contributed by atoms with Crippen LogP contribution in [-0.4, -0.2) is 59.2 Å². The van der Waals surface area contributed by atoms with E-state index in [9.17, 15) is 35.9 Å². The fraction of sp³-hybridized carbons (Fsp3) is 0.208. The van der Waals surface area contributed by atoms with Gasteiger partial charge in [0.05, 0.1) is 24.6 Å². The number of anilines is 1. The van der Waals surface area contributed by atoms with Gasteiger partial charge in [0.2, 0.25) is 0 Å². The molecule has 1 aromatic heterocycles. The number of hydrogen-bond donors (Lipinski definition) is 1. The zero-order valence-electron chi connectivity index (χ0n) is 21.3. The molecule has 1 N–H and O–H groups in total. The minimum absolute atomic E-state index is 0.132. The number of carbonyl (C=O) groups excluding carboxylic acids is 2. The second-order valence-corrected chi connectivity index (χ2v) is 8.34. The van der Waals surface area contributed by atoms with Crippen LogP contribution in [0.5, 0.6) is 23.0 Å². The largest absolute Gasteiger partial charge is 0.573 e. The van der Waals surface area contributed by atoms with E-state index < -0.39 is 69.7 Å². The molecule has 0 saturated heterocycles. The number of ether oxygens (including phenoxy) is 4. The van der Waals surface area contributed by atoms with Gasteiger partial charge in [-0.15, -0.1) is 13.2 Å². The van der Waals surface area contributed by atoms with Crippen molar-refractivity contribution in [1.82, 2.24) is 4.98 Å². The molecule has 0 saturated carbocycles. The molecule has 0 aliphatic carbocycles. The van der Waals surface area contributed by atoms with E-state index in [1.807, 2.05) is 0 Å². The number of halogens is 7. The van der Waals surface area contributed by atoms with E-state index in [1.54, 1.807) is 0 Å². The van der Waals surface area contributed by atoms with Gasteiger partial charge in [-0.05, 0) is 48.1 Å². The lowest BCUT2D eigenvalue weighted by Crippen LogP contribution is -2.37.